The first kappa shape index (κ1) is 28.3. The number of rotatable bonds is 11. The lowest BCUT2D eigenvalue weighted by Gasteiger charge is -2.29. The molecule has 0 aliphatic rings. The van der Waals surface area contributed by atoms with Crippen molar-refractivity contribution in [1.82, 2.24) is 20.2 Å². The van der Waals surface area contributed by atoms with Gasteiger partial charge in [0.2, 0.25) is 11.8 Å². The number of anilines is 1. The normalized spacial score (nSPS) is 12.4. The van der Waals surface area contributed by atoms with Crippen molar-refractivity contribution in [1.29, 1.82) is 0 Å². The summed E-state index contributed by atoms with van der Waals surface area (Å²) < 4.78 is 6.55. The van der Waals surface area contributed by atoms with E-state index in [2.05, 4.69) is 20.9 Å². The molecule has 1 aromatic heterocycles. The highest BCUT2D eigenvalue weighted by Gasteiger charge is 2.34. The van der Waals surface area contributed by atoms with E-state index in [1.165, 1.54) is 30.9 Å². The van der Waals surface area contributed by atoms with E-state index in [4.69, 9.17) is 9.84 Å². The van der Waals surface area contributed by atoms with Crippen LogP contribution >= 0.6 is 0 Å². The van der Waals surface area contributed by atoms with Crippen LogP contribution in [0, 0.1) is 0 Å². The monoisotopic (exact) mass is 501 g/mol. The Kier molecular flexibility index (Phi) is 9.60. The average Bonchev–Trinajstić information content (AvgIpc) is 3.17. The third-order valence-corrected chi connectivity index (χ3v) is 5.01. The number of amides is 3. The zero-order chi connectivity index (χ0) is 26.9. The van der Waals surface area contributed by atoms with Gasteiger partial charge in [0.1, 0.15) is 23.7 Å². The molecule has 0 saturated carbocycles. The summed E-state index contributed by atoms with van der Waals surface area (Å²) in [6.45, 7) is 7.86. The molecule has 196 valence electrons. The van der Waals surface area contributed by atoms with Gasteiger partial charge in [-0.25, -0.2) is 9.78 Å². The standard InChI is InChI=1S/C25H35N5O6/c1-24(2,3)36-23(35)29-25(4,5)22(34)27-18(13-9-12-17-10-7-6-8-11-17)21(33)28-19-14-30(16-26-19)15-20(31)32/h6-8,10-11,14,16,18H,9,12-13,15H2,1-5H3,(H,27,34)(H,28,33)(H,29,35)(H,31,32)/t18-/m1/s1. The van der Waals surface area contributed by atoms with Crippen LogP contribution in [0.3, 0.4) is 0 Å². The van der Waals surface area contributed by atoms with E-state index in [1.807, 2.05) is 30.3 Å². The maximum absolute atomic E-state index is 13.1. The SMILES string of the molecule is CC(C)(C)OC(=O)NC(C)(C)C(=O)N[C@H](CCCc1ccccc1)C(=O)Nc1cn(CC(=O)O)cn1. The van der Waals surface area contributed by atoms with Crippen LogP contribution in [0.15, 0.2) is 42.9 Å². The number of benzene rings is 1. The van der Waals surface area contributed by atoms with Crippen LogP contribution in [0.25, 0.3) is 0 Å². The summed E-state index contributed by atoms with van der Waals surface area (Å²) in [5.74, 6) is -1.96. The molecule has 4 N–H and O–H groups in total. The molecule has 1 heterocycles. The summed E-state index contributed by atoms with van der Waals surface area (Å²) >= 11 is 0. The van der Waals surface area contributed by atoms with Crippen LogP contribution in [-0.4, -0.2) is 55.7 Å². The number of carbonyl (C=O) groups excluding carboxylic acids is 3. The van der Waals surface area contributed by atoms with Gasteiger partial charge in [-0.3, -0.25) is 14.4 Å². The van der Waals surface area contributed by atoms with Gasteiger partial charge in [0.15, 0.2) is 5.82 Å². The fourth-order valence-electron chi connectivity index (χ4n) is 3.26. The van der Waals surface area contributed by atoms with Crippen LogP contribution in [0.5, 0.6) is 0 Å². The van der Waals surface area contributed by atoms with Crippen molar-refractivity contribution in [2.24, 2.45) is 0 Å². The zero-order valence-electron chi connectivity index (χ0n) is 21.3. The molecule has 2 aromatic rings. The van der Waals surface area contributed by atoms with Gasteiger partial charge >= 0.3 is 12.1 Å². The first-order chi connectivity index (χ1) is 16.7. The molecule has 0 fully saturated rings. The fraction of sp³-hybridized carbons (Fsp3) is 0.480. The second-order valence-corrected chi connectivity index (χ2v) is 9.97. The molecule has 0 radical (unpaired) electrons. The Morgan fingerprint density at radius 2 is 1.75 bits per heavy atom. The van der Waals surface area contributed by atoms with Crippen LogP contribution in [0.2, 0.25) is 0 Å². The van der Waals surface area contributed by atoms with Crippen molar-refractivity contribution >= 4 is 29.7 Å². The minimum Gasteiger partial charge on any atom is -0.480 e. The first-order valence-electron chi connectivity index (χ1n) is 11.7. The molecule has 1 aromatic carbocycles. The maximum atomic E-state index is 13.1. The number of aliphatic carboxylic acids is 1. The number of imidazole rings is 1. The number of carboxylic acids is 1. The molecule has 0 aliphatic carbocycles. The number of hydrogen-bond donors (Lipinski definition) is 4. The predicted octanol–water partition coefficient (Wildman–Crippen LogP) is 2.72. The van der Waals surface area contributed by atoms with E-state index in [0.29, 0.717) is 19.3 Å². The van der Waals surface area contributed by atoms with Crippen LogP contribution < -0.4 is 16.0 Å². The number of ether oxygens (including phenoxy) is 1. The molecule has 1 atom stereocenters. The van der Waals surface area contributed by atoms with Crippen molar-refractivity contribution in [2.45, 2.75) is 77.6 Å². The van der Waals surface area contributed by atoms with Gasteiger partial charge in [-0.15, -0.1) is 0 Å². The van der Waals surface area contributed by atoms with Gasteiger partial charge in [0, 0.05) is 6.20 Å². The van der Waals surface area contributed by atoms with Crippen LogP contribution in [0.4, 0.5) is 10.6 Å². The Morgan fingerprint density at radius 3 is 2.36 bits per heavy atom. The van der Waals surface area contributed by atoms with Gasteiger partial charge in [-0.1, -0.05) is 30.3 Å². The van der Waals surface area contributed by atoms with Crippen LogP contribution in [-0.2, 0) is 32.1 Å². The highest BCUT2D eigenvalue weighted by molar-refractivity contribution is 5.98. The third kappa shape index (κ3) is 9.77. The number of aryl methyl sites for hydroxylation is 1. The number of carboxylic acid groups (broad SMARTS) is 1. The lowest BCUT2D eigenvalue weighted by atomic mass is 10.0. The maximum Gasteiger partial charge on any atom is 0.408 e. The molecule has 36 heavy (non-hydrogen) atoms. The molecule has 11 heteroatoms. The Morgan fingerprint density at radius 1 is 1.08 bits per heavy atom. The van der Waals surface area contributed by atoms with Crippen molar-refractivity contribution < 1.29 is 29.0 Å². The molecule has 0 aliphatic heterocycles. The summed E-state index contributed by atoms with van der Waals surface area (Å²) in [6.07, 6.45) is 3.56. The number of nitrogens with one attached hydrogen (secondary N) is 3. The number of nitrogens with zero attached hydrogens (tertiary/aromatic N) is 2. The van der Waals surface area contributed by atoms with Crippen molar-refractivity contribution in [2.75, 3.05) is 5.32 Å². The van der Waals surface area contributed by atoms with E-state index in [1.54, 1.807) is 20.8 Å². The second-order valence-electron chi connectivity index (χ2n) is 9.97. The van der Waals surface area contributed by atoms with Crippen LogP contribution in [0.1, 0.15) is 53.0 Å². The van der Waals surface area contributed by atoms with Gasteiger partial charge < -0.3 is 30.4 Å². The van der Waals surface area contributed by atoms with E-state index in [-0.39, 0.29) is 12.4 Å². The average molecular weight is 502 g/mol. The summed E-state index contributed by atoms with van der Waals surface area (Å²) in [6, 6.07) is 8.82. The van der Waals surface area contributed by atoms with Crippen molar-refractivity contribution in [3.63, 3.8) is 0 Å². The first-order valence-corrected chi connectivity index (χ1v) is 11.7. The fourth-order valence-corrected chi connectivity index (χ4v) is 3.26. The Bertz CT molecular complexity index is 1060. The molecule has 0 bridgehead atoms. The lowest BCUT2D eigenvalue weighted by molar-refractivity contribution is -0.137. The predicted molar refractivity (Wildman–Crippen MR) is 133 cm³/mol. The molecule has 0 spiro atoms. The number of carbonyl (C=O) groups is 4. The summed E-state index contributed by atoms with van der Waals surface area (Å²) in [5.41, 5.74) is -0.994. The van der Waals surface area contributed by atoms with E-state index >= 15 is 0 Å². The van der Waals surface area contributed by atoms with E-state index in [9.17, 15) is 19.2 Å². The van der Waals surface area contributed by atoms with E-state index < -0.39 is 41.1 Å². The largest absolute Gasteiger partial charge is 0.480 e. The topological polar surface area (TPSA) is 152 Å². The number of alkyl carbamates (subject to hydrolysis) is 1. The summed E-state index contributed by atoms with van der Waals surface area (Å²) in [7, 11) is 0. The molecule has 3 amide bonds. The smallest absolute Gasteiger partial charge is 0.408 e. The van der Waals surface area contributed by atoms with Crippen molar-refractivity contribution in [3.05, 3.63) is 48.4 Å². The quantitative estimate of drug-likeness (QED) is 0.369. The summed E-state index contributed by atoms with van der Waals surface area (Å²) in [4.78, 5) is 53.2. The second kappa shape index (κ2) is 12.2. The Hall–Kier alpha value is -3.89. The molecular formula is C25H35N5O6. The number of aromatic nitrogens is 2. The lowest BCUT2D eigenvalue weighted by Crippen LogP contribution is -2.58. The van der Waals surface area contributed by atoms with Gasteiger partial charge in [0.25, 0.3) is 0 Å². The van der Waals surface area contributed by atoms with Gasteiger partial charge in [0.05, 0.1) is 6.33 Å². The highest BCUT2D eigenvalue weighted by atomic mass is 16.6. The van der Waals surface area contributed by atoms with Crippen molar-refractivity contribution in [3.8, 4) is 0 Å². The minimum atomic E-state index is -1.36. The van der Waals surface area contributed by atoms with Gasteiger partial charge in [-0.05, 0) is 59.4 Å². The zero-order valence-corrected chi connectivity index (χ0v) is 21.3. The number of hydrogen-bond acceptors (Lipinski definition) is 6. The van der Waals surface area contributed by atoms with E-state index in [0.717, 1.165) is 5.56 Å². The third-order valence-electron chi connectivity index (χ3n) is 5.01. The minimum absolute atomic E-state index is 0.162. The highest BCUT2D eigenvalue weighted by Crippen LogP contribution is 2.13. The Balaban J connectivity index is 2.09. The summed E-state index contributed by atoms with van der Waals surface area (Å²) in [5, 5.41) is 16.8. The Labute approximate surface area is 210 Å². The molecule has 11 nitrogen and oxygen atoms in total. The molecule has 0 unspecified atom stereocenters. The molecular weight excluding hydrogens is 466 g/mol. The molecule has 2 rings (SSSR count). The van der Waals surface area contributed by atoms with Gasteiger partial charge in [-0.2, -0.15) is 0 Å². The molecule has 0 saturated heterocycles.